The van der Waals surface area contributed by atoms with Crippen LogP contribution in [0, 0.1) is 0 Å². The number of benzene rings is 1. The van der Waals surface area contributed by atoms with Crippen LogP contribution in [-0.4, -0.2) is 21.1 Å². The van der Waals surface area contributed by atoms with E-state index in [4.69, 9.17) is 23.2 Å². The van der Waals surface area contributed by atoms with Gasteiger partial charge in [0.25, 0.3) is 5.56 Å². The third-order valence-electron chi connectivity index (χ3n) is 4.09. The quantitative estimate of drug-likeness (QED) is 0.287. The minimum atomic E-state index is -0.0936. The van der Waals surface area contributed by atoms with E-state index >= 15 is 0 Å². The van der Waals surface area contributed by atoms with E-state index in [9.17, 15) is 9.59 Å². The molecule has 3 aromatic rings. The monoisotopic (exact) mass is 426 g/mol. The molecule has 26 heavy (non-hydrogen) atoms. The summed E-state index contributed by atoms with van der Waals surface area (Å²) >= 11 is 14.5. The lowest BCUT2D eigenvalue weighted by molar-refractivity contribution is 0.102. The van der Waals surface area contributed by atoms with Crippen molar-refractivity contribution in [3.05, 3.63) is 55.6 Å². The number of hydrogen-bond donors (Lipinski definition) is 0. The van der Waals surface area contributed by atoms with Gasteiger partial charge in [-0.25, -0.2) is 4.98 Å². The maximum atomic E-state index is 12.8. The maximum Gasteiger partial charge on any atom is 0.272 e. The lowest BCUT2D eigenvalue weighted by Crippen LogP contribution is -2.25. The Morgan fingerprint density at radius 3 is 2.77 bits per heavy atom. The molecule has 0 spiro atoms. The van der Waals surface area contributed by atoms with Crippen molar-refractivity contribution in [2.24, 2.45) is 0 Å². The zero-order valence-electron chi connectivity index (χ0n) is 14.2. The summed E-state index contributed by atoms with van der Waals surface area (Å²) in [5.74, 6) is 0.0696. The molecule has 0 aliphatic heterocycles. The molecular formula is C18H16Cl2N2O2S2. The predicted molar refractivity (Wildman–Crippen MR) is 110 cm³/mol. The Hall–Kier alpha value is -1.34. The van der Waals surface area contributed by atoms with E-state index in [1.807, 2.05) is 25.3 Å². The van der Waals surface area contributed by atoms with Gasteiger partial charge >= 0.3 is 0 Å². The van der Waals surface area contributed by atoms with Crippen LogP contribution in [0.2, 0.25) is 10.0 Å². The second kappa shape index (κ2) is 8.13. The van der Waals surface area contributed by atoms with E-state index in [2.05, 4.69) is 4.98 Å². The molecule has 0 aliphatic carbocycles. The fraction of sp³-hybridized carbons (Fsp3) is 0.278. The van der Waals surface area contributed by atoms with E-state index < -0.39 is 0 Å². The van der Waals surface area contributed by atoms with Gasteiger partial charge in [0, 0.05) is 11.6 Å². The molecule has 3 rings (SSSR count). The van der Waals surface area contributed by atoms with Crippen LogP contribution in [-0.2, 0) is 0 Å². The number of carbonyl (C=O) groups is 1. The largest absolute Gasteiger partial charge is 0.293 e. The highest BCUT2D eigenvalue weighted by Gasteiger charge is 2.18. The Labute approximate surface area is 169 Å². The molecule has 0 N–H and O–H groups in total. The normalized spacial score (nSPS) is 12.5. The van der Waals surface area contributed by atoms with Crippen molar-refractivity contribution < 1.29 is 4.79 Å². The standard InChI is InChI=1S/C18H16Cl2N2O2S2/c1-3-10(2)22-17(24)16-14(6-7-25-16)21-18(22)26-9-15(23)11-4-5-12(19)13(20)8-11/h4-8,10H,3,9H2,1-2H3. The number of thioether (sulfide) groups is 1. The average Bonchev–Trinajstić information content (AvgIpc) is 3.10. The smallest absolute Gasteiger partial charge is 0.272 e. The molecule has 1 atom stereocenters. The first-order chi connectivity index (χ1) is 12.4. The van der Waals surface area contributed by atoms with E-state index in [1.165, 1.54) is 23.1 Å². The van der Waals surface area contributed by atoms with Crippen molar-refractivity contribution in [3.8, 4) is 0 Å². The SMILES string of the molecule is CCC(C)n1c(SCC(=O)c2ccc(Cl)c(Cl)c2)nc2ccsc2c1=O. The summed E-state index contributed by atoms with van der Waals surface area (Å²) in [7, 11) is 0. The van der Waals surface area contributed by atoms with Crippen LogP contribution in [0.25, 0.3) is 10.2 Å². The van der Waals surface area contributed by atoms with Crippen LogP contribution >= 0.6 is 46.3 Å². The van der Waals surface area contributed by atoms with Gasteiger partial charge in [-0.2, -0.15) is 0 Å². The number of fused-ring (bicyclic) bond motifs is 1. The van der Waals surface area contributed by atoms with Crippen LogP contribution in [0.3, 0.4) is 0 Å². The number of aromatic nitrogens is 2. The number of halogens is 2. The molecule has 0 saturated carbocycles. The highest BCUT2D eigenvalue weighted by Crippen LogP contribution is 2.27. The Balaban J connectivity index is 1.91. The zero-order valence-corrected chi connectivity index (χ0v) is 17.3. The minimum Gasteiger partial charge on any atom is -0.293 e. The fourth-order valence-corrected chi connectivity index (χ4v) is 4.52. The topological polar surface area (TPSA) is 52.0 Å². The first kappa shape index (κ1) is 19.4. The average molecular weight is 427 g/mol. The third kappa shape index (κ3) is 3.83. The van der Waals surface area contributed by atoms with E-state index in [0.717, 1.165) is 6.42 Å². The van der Waals surface area contributed by atoms with Gasteiger partial charge in [0.05, 0.1) is 21.3 Å². The van der Waals surface area contributed by atoms with Gasteiger partial charge in [0.1, 0.15) is 4.70 Å². The molecule has 2 aromatic heterocycles. The van der Waals surface area contributed by atoms with Gasteiger partial charge < -0.3 is 0 Å². The number of ketones is 1. The number of hydrogen-bond acceptors (Lipinski definition) is 5. The van der Waals surface area contributed by atoms with Gasteiger partial charge in [-0.05, 0) is 43.0 Å². The fourth-order valence-electron chi connectivity index (χ4n) is 2.46. The van der Waals surface area contributed by atoms with Crippen molar-refractivity contribution in [3.63, 3.8) is 0 Å². The highest BCUT2D eigenvalue weighted by atomic mass is 35.5. The summed E-state index contributed by atoms with van der Waals surface area (Å²) in [6, 6.07) is 6.64. The van der Waals surface area contributed by atoms with Crippen LogP contribution in [0.4, 0.5) is 0 Å². The van der Waals surface area contributed by atoms with Gasteiger partial charge in [-0.15, -0.1) is 11.3 Å². The van der Waals surface area contributed by atoms with Crippen molar-refractivity contribution in [2.75, 3.05) is 5.75 Å². The summed E-state index contributed by atoms with van der Waals surface area (Å²) in [5.41, 5.74) is 1.11. The number of thiophene rings is 1. The molecule has 1 aromatic carbocycles. The minimum absolute atomic E-state index is 0.00378. The Morgan fingerprint density at radius 1 is 1.31 bits per heavy atom. The second-order valence-corrected chi connectivity index (χ2v) is 8.48. The Bertz CT molecular complexity index is 1030. The molecular weight excluding hydrogens is 411 g/mol. The van der Waals surface area contributed by atoms with Crippen LogP contribution < -0.4 is 5.56 Å². The molecule has 136 valence electrons. The first-order valence-corrected chi connectivity index (χ1v) is 10.6. The number of Topliss-reactive ketones (excluding diaryl/α,β-unsaturated/α-hetero) is 1. The summed E-state index contributed by atoms with van der Waals surface area (Å²) < 4.78 is 2.33. The Kier molecular flexibility index (Phi) is 6.07. The lowest BCUT2D eigenvalue weighted by Gasteiger charge is -2.17. The number of rotatable bonds is 6. The van der Waals surface area contributed by atoms with E-state index in [-0.39, 0.29) is 23.1 Å². The summed E-state index contributed by atoms with van der Waals surface area (Å²) in [6.45, 7) is 4.00. The third-order valence-corrected chi connectivity index (χ3v) is 6.67. The molecule has 8 heteroatoms. The molecule has 0 aliphatic rings. The lowest BCUT2D eigenvalue weighted by atomic mass is 10.1. The summed E-state index contributed by atoms with van der Waals surface area (Å²) in [5, 5.41) is 3.17. The van der Waals surface area contributed by atoms with Crippen molar-refractivity contribution >= 4 is 62.3 Å². The van der Waals surface area contributed by atoms with Gasteiger partial charge in [-0.3, -0.25) is 14.2 Å². The molecule has 0 amide bonds. The predicted octanol–water partition coefficient (Wildman–Crippen LogP) is 5.71. The molecule has 0 bridgehead atoms. The van der Waals surface area contributed by atoms with Gasteiger partial charge in [0.15, 0.2) is 10.9 Å². The molecule has 4 nitrogen and oxygen atoms in total. The van der Waals surface area contributed by atoms with E-state index in [1.54, 1.807) is 22.8 Å². The molecule has 0 fully saturated rings. The molecule has 0 saturated heterocycles. The van der Waals surface area contributed by atoms with E-state index in [0.29, 0.717) is 31.0 Å². The van der Waals surface area contributed by atoms with Crippen molar-refractivity contribution in [1.82, 2.24) is 9.55 Å². The van der Waals surface area contributed by atoms with Crippen molar-refractivity contribution in [1.29, 1.82) is 0 Å². The molecule has 0 radical (unpaired) electrons. The molecule has 2 heterocycles. The number of nitrogens with zero attached hydrogens (tertiary/aromatic N) is 2. The van der Waals surface area contributed by atoms with Crippen molar-refractivity contribution in [2.45, 2.75) is 31.5 Å². The number of carbonyl (C=O) groups excluding carboxylic acids is 1. The molecule has 1 unspecified atom stereocenters. The van der Waals surface area contributed by atoms with Gasteiger partial charge in [0.2, 0.25) is 0 Å². The van der Waals surface area contributed by atoms with Crippen LogP contribution in [0.5, 0.6) is 0 Å². The second-order valence-electron chi connectivity index (χ2n) is 5.80. The maximum absolute atomic E-state index is 12.8. The Morgan fingerprint density at radius 2 is 2.08 bits per heavy atom. The summed E-state index contributed by atoms with van der Waals surface area (Å²) in [6.07, 6.45) is 0.798. The zero-order chi connectivity index (χ0) is 18.8. The van der Waals surface area contributed by atoms with Crippen LogP contribution in [0.15, 0.2) is 39.6 Å². The summed E-state index contributed by atoms with van der Waals surface area (Å²) in [4.78, 5) is 29.9. The first-order valence-electron chi connectivity index (χ1n) is 8.03. The highest BCUT2D eigenvalue weighted by molar-refractivity contribution is 7.99. The van der Waals surface area contributed by atoms with Gasteiger partial charge in [-0.1, -0.05) is 41.9 Å². The van der Waals surface area contributed by atoms with Crippen LogP contribution in [0.1, 0.15) is 36.7 Å².